The van der Waals surface area contributed by atoms with E-state index in [1.54, 1.807) is 0 Å². The monoisotopic (exact) mass is 456 g/mol. The van der Waals surface area contributed by atoms with E-state index in [9.17, 15) is 13.2 Å². The second kappa shape index (κ2) is 9.64. The van der Waals surface area contributed by atoms with Crippen molar-refractivity contribution in [3.05, 3.63) is 100 Å². The Kier molecular flexibility index (Phi) is 7.15. The van der Waals surface area contributed by atoms with E-state index in [2.05, 4.69) is 11.4 Å². The van der Waals surface area contributed by atoms with E-state index in [0.29, 0.717) is 5.02 Å². The van der Waals surface area contributed by atoms with Crippen LogP contribution in [0.3, 0.4) is 0 Å². The average molecular weight is 457 g/mol. The summed E-state index contributed by atoms with van der Waals surface area (Å²) in [5.74, 6) is -0.395. The van der Waals surface area contributed by atoms with Crippen LogP contribution < -0.4 is 5.32 Å². The summed E-state index contributed by atoms with van der Waals surface area (Å²) in [5, 5.41) is 3.45. The van der Waals surface area contributed by atoms with Crippen molar-refractivity contribution >= 4 is 27.5 Å². The minimum absolute atomic E-state index is 0.0844. The van der Waals surface area contributed by atoms with Gasteiger partial charge in [0.1, 0.15) is 0 Å². The summed E-state index contributed by atoms with van der Waals surface area (Å²) in [6, 6.07) is 21.2. The fraction of sp³-hybridized carbons (Fsp3) is 0.208. The molecule has 31 heavy (non-hydrogen) atoms. The second-order valence-electron chi connectivity index (χ2n) is 7.49. The Labute approximate surface area is 188 Å². The van der Waals surface area contributed by atoms with Crippen LogP contribution in [0.25, 0.3) is 0 Å². The van der Waals surface area contributed by atoms with Crippen LogP contribution in [-0.2, 0) is 14.8 Å². The lowest BCUT2D eigenvalue weighted by Crippen LogP contribution is -2.40. The molecule has 0 heterocycles. The van der Waals surface area contributed by atoms with Crippen molar-refractivity contribution in [3.63, 3.8) is 0 Å². The molecule has 0 aliphatic rings. The topological polar surface area (TPSA) is 66.5 Å². The highest BCUT2D eigenvalue weighted by atomic mass is 35.5. The van der Waals surface area contributed by atoms with E-state index in [0.717, 1.165) is 26.6 Å². The molecule has 5 nitrogen and oxygen atoms in total. The minimum atomic E-state index is -3.82. The van der Waals surface area contributed by atoms with E-state index in [-0.39, 0.29) is 17.5 Å². The second-order valence-corrected chi connectivity index (χ2v) is 9.97. The molecule has 3 aromatic rings. The first-order valence-electron chi connectivity index (χ1n) is 9.82. The fourth-order valence-electron chi connectivity index (χ4n) is 3.42. The molecular weight excluding hydrogens is 432 g/mol. The minimum Gasteiger partial charge on any atom is -0.344 e. The van der Waals surface area contributed by atoms with Crippen molar-refractivity contribution in [1.29, 1.82) is 0 Å². The SMILES string of the molecule is Cc1ccc([C@H](NC(=O)CN(C)S(=O)(=O)c2ccc(Cl)cc2)c2ccccc2)c(C)c1. The number of carbonyl (C=O) groups excluding carboxylic acids is 1. The standard InChI is InChI=1S/C24H25ClN2O3S/c1-17-9-14-22(18(2)15-17)24(19-7-5-4-6-8-19)26-23(28)16-27(3)31(29,30)21-12-10-20(25)11-13-21/h4-15,24H,16H2,1-3H3,(H,26,28)/t24-/m1/s1. The number of aryl methyl sites for hydroxylation is 2. The zero-order valence-electron chi connectivity index (χ0n) is 17.7. The summed E-state index contributed by atoms with van der Waals surface area (Å²) in [6.45, 7) is 3.71. The van der Waals surface area contributed by atoms with Crippen molar-refractivity contribution < 1.29 is 13.2 Å². The largest absolute Gasteiger partial charge is 0.344 e. The summed E-state index contributed by atoms with van der Waals surface area (Å²) < 4.78 is 26.6. The van der Waals surface area contributed by atoms with Crippen LogP contribution in [0.15, 0.2) is 77.7 Å². The van der Waals surface area contributed by atoms with E-state index in [1.807, 2.05) is 56.3 Å². The molecule has 1 N–H and O–H groups in total. The molecule has 0 saturated heterocycles. The van der Waals surface area contributed by atoms with Gasteiger partial charge in [-0.25, -0.2) is 8.42 Å². The third-order valence-corrected chi connectivity index (χ3v) is 7.13. The molecule has 0 fully saturated rings. The Morgan fingerprint density at radius 3 is 2.26 bits per heavy atom. The summed E-state index contributed by atoms with van der Waals surface area (Å²) in [7, 11) is -2.43. The molecule has 0 aliphatic heterocycles. The molecule has 0 aliphatic carbocycles. The third-order valence-electron chi connectivity index (χ3n) is 5.06. The predicted molar refractivity (Wildman–Crippen MR) is 124 cm³/mol. The number of amides is 1. The molecular formula is C24H25ClN2O3S. The first-order chi connectivity index (χ1) is 14.7. The van der Waals surface area contributed by atoms with Gasteiger partial charge in [0.05, 0.1) is 17.5 Å². The van der Waals surface area contributed by atoms with Crippen LogP contribution in [0.2, 0.25) is 5.02 Å². The summed E-state index contributed by atoms with van der Waals surface area (Å²) in [6.07, 6.45) is 0. The Morgan fingerprint density at radius 2 is 1.65 bits per heavy atom. The van der Waals surface area contributed by atoms with Crippen molar-refractivity contribution in [2.45, 2.75) is 24.8 Å². The van der Waals surface area contributed by atoms with Gasteiger partial charge in [0.25, 0.3) is 0 Å². The molecule has 0 bridgehead atoms. The number of rotatable bonds is 7. The van der Waals surface area contributed by atoms with Gasteiger partial charge in [-0.1, -0.05) is 65.7 Å². The maximum Gasteiger partial charge on any atom is 0.243 e. The van der Waals surface area contributed by atoms with Crippen LogP contribution >= 0.6 is 11.6 Å². The molecule has 162 valence electrons. The number of nitrogens with one attached hydrogen (secondary N) is 1. The first kappa shape index (κ1) is 23.0. The number of likely N-dealkylation sites (N-methyl/N-ethyl adjacent to an activating group) is 1. The summed E-state index contributed by atoms with van der Waals surface area (Å²) in [5.41, 5.74) is 4.07. The Morgan fingerprint density at radius 1 is 1.00 bits per heavy atom. The maximum absolute atomic E-state index is 12.9. The number of nitrogens with zero attached hydrogens (tertiary/aromatic N) is 1. The number of carbonyl (C=O) groups is 1. The molecule has 0 unspecified atom stereocenters. The van der Waals surface area contributed by atoms with Gasteiger partial charge < -0.3 is 5.32 Å². The molecule has 3 rings (SSSR count). The van der Waals surface area contributed by atoms with Gasteiger partial charge >= 0.3 is 0 Å². The van der Waals surface area contributed by atoms with Crippen LogP contribution in [0, 0.1) is 13.8 Å². The quantitative estimate of drug-likeness (QED) is 0.569. The predicted octanol–water partition coefficient (Wildman–Crippen LogP) is 4.48. The zero-order chi connectivity index (χ0) is 22.6. The van der Waals surface area contributed by atoms with Crippen LogP contribution in [0.1, 0.15) is 28.3 Å². The molecule has 1 atom stereocenters. The smallest absolute Gasteiger partial charge is 0.243 e. The van der Waals surface area contributed by atoms with Gasteiger partial charge in [-0.3, -0.25) is 4.79 Å². The number of hydrogen-bond donors (Lipinski definition) is 1. The Bertz CT molecular complexity index is 1160. The van der Waals surface area contributed by atoms with Crippen LogP contribution in [0.5, 0.6) is 0 Å². The lowest BCUT2D eigenvalue weighted by Gasteiger charge is -2.24. The van der Waals surface area contributed by atoms with Gasteiger partial charge in [0.2, 0.25) is 15.9 Å². The molecule has 0 radical (unpaired) electrons. The molecule has 0 saturated carbocycles. The Hall–Kier alpha value is -2.67. The highest BCUT2D eigenvalue weighted by Gasteiger charge is 2.25. The van der Waals surface area contributed by atoms with Crippen LogP contribution in [0.4, 0.5) is 0 Å². The number of benzene rings is 3. The highest BCUT2D eigenvalue weighted by Crippen LogP contribution is 2.26. The van der Waals surface area contributed by atoms with Crippen molar-refractivity contribution in [1.82, 2.24) is 9.62 Å². The first-order valence-corrected chi connectivity index (χ1v) is 11.6. The number of sulfonamides is 1. The molecule has 1 amide bonds. The summed E-state index contributed by atoms with van der Waals surface area (Å²) in [4.78, 5) is 13.0. The maximum atomic E-state index is 12.9. The van der Waals surface area contributed by atoms with Crippen LogP contribution in [-0.4, -0.2) is 32.2 Å². The molecule has 3 aromatic carbocycles. The van der Waals surface area contributed by atoms with Gasteiger partial charge in [0, 0.05) is 12.1 Å². The molecule has 0 aromatic heterocycles. The van der Waals surface area contributed by atoms with Crippen molar-refractivity contribution in [2.75, 3.05) is 13.6 Å². The number of halogens is 1. The van der Waals surface area contributed by atoms with Gasteiger partial charge in [0.15, 0.2) is 0 Å². The van der Waals surface area contributed by atoms with Crippen molar-refractivity contribution in [2.24, 2.45) is 0 Å². The van der Waals surface area contributed by atoms with E-state index in [4.69, 9.17) is 11.6 Å². The Balaban J connectivity index is 1.83. The third kappa shape index (κ3) is 5.53. The van der Waals surface area contributed by atoms with Gasteiger partial charge in [-0.05, 0) is 54.8 Å². The van der Waals surface area contributed by atoms with E-state index >= 15 is 0 Å². The molecule has 7 heteroatoms. The van der Waals surface area contributed by atoms with Crippen molar-refractivity contribution in [3.8, 4) is 0 Å². The van der Waals surface area contributed by atoms with Gasteiger partial charge in [-0.15, -0.1) is 0 Å². The zero-order valence-corrected chi connectivity index (χ0v) is 19.2. The fourth-order valence-corrected chi connectivity index (χ4v) is 4.67. The lowest BCUT2D eigenvalue weighted by molar-refractivity contribution is -0.121. The highest BCUT2D eigenvalue weighted by molar-refractivity contribution is 7.89. The average Bonchev–Trinajstić information content (AvgIpc) is 2.73. The number of hydrogen-bond acceptors (Lipinski definition) is 3. The van der Waals surface area contributed by atoms with E-state index in [1.165, 1.54) is 31.3 Å². The van der Waals surface area contributed by atoms with Gasteiger partial charge in [-0.2, -0.15) is 4.31 Å². The van der Waals surface area contributed by atoms with E-state index < -0.39 is 15.9 Å². The normalized spacial score (nSPS) is 12.5. The summed E-state index contributed by atoms with van der Waals surface area (Å²) >= 11 is 5.85. The molecule has 0 spiro atoms. The lowest BCUT2D eigenvalue weighted by atomic mass is 9.94.